The molecule has 0 aliphatic carbocycles. The molecule has 8 nitrogen and oxygen atoms in total. The summed E-state index contributed by atoms with van der Waals surface area (Å²) in [5.74, 6) is 0. The first-order valence-corrected chi connectivity index (χ1v) is 11.8. The van der Waals surface area contributed by atoms with Crippen molar-refractivity contribution < 1.29 is 19.0 Å². The lowest BCUT2D eigenvalue weighted by Crippen LogP contribution is -2.54. The molecule has 0 amide bonds. The molecule has 2 N–H and O–H groups in total. The molecule has 9 heteroatoms. The van der Waals surface area contributed by atoms with Gasteiger partial charge in [0.2, 0.25) is 0 Å². The van der Waals surface area contributed by atoms with Crippen LogP contribution in [0, 0.1) is 0 Å². The van der Waals surface area contributed by atoms with E-state index in [1.165, 1.54) is 30.0 Å². The molecule has 1 aromatic heterocycles. The number of methoxy groups -OCH3 is 1. The number of hydrogen-bond donors (Lipinski definition) is 2. The van der Waals surface area contributed by atoms with E-state index in [4.69, 9.17) is 13.9 Å². The summed E-state index contributed by atoms with van der Waals surface area (Å²) >= 11 is 0. The fourth-order valence-corrected chi connectivity index (χ4v) is 4.21. The fraction of sp³-hybridized carbons (Fsp3) is 0.667. The topological polar surface area (TPSA) is 103 Å². The predicted octanol–water partition coefficient (Wildman–Crippen LogP) is 1.39. The number of H-pyrrole nitrogens is 1. The van der Waals surface area contributed by atoms with E-state index >= 15 is 0 Å². The van der Waals surface area contributed by atoms with Crippen molar-refractivity contribution in [1.29, 1.82) is 0 Å². The smallest absolute Gasteiger partial charge is 0.330 e. The van der Waals surface area contributed by atoms with Gasteiger partial charge in [0.25, 0.3) is 5.56 Å². The van der Waals surface area contributed by atoms with Crippen LogP contribution in [0.3, 0.4) is 0 Å². The summed E-state index contributed by atoms with van der Waals surface area (Å²) in [6, 6.07) is 1.23. The van der Waals surface area contributed by atoms with Crippen molar-refractivity contribution >= 4 is 8.32 Å². The molecule has 0 aromatic carbocycles. The van der Waals surface area contributed by atoms with E-state index < -0.39 is 43.6 Å². The van der Waals surface area contributed by atoms with Gasteiger partial charge in [-0.15, -0.1) is 6.58 Å². The van der Waals surface area contributed by atoms with E-state index in [2.05, 4.69) is 45.4 Å². The minimum atomic E-state index is -2.27. The van der Waals surface area contributed by atoms with E-state index in [0.717, 1.165) is 0 Å². The molecule has 1 aliphatic heterocycles. The lowest BCUT2D eigenvalue weighted by Gasteiger charge is -2.42. The zero-order chi connectivity index (χ0) is 20.6. The maximum Gasteiger partial charge on any atom is 0.330 e. The predicted molar refractivity (Wildman–Crippen MR) is 104 cm³/mol. The number of aromatic nitrogens is 2. The minimum absolute atomic E-state index is 0.0828. The van der Waals surface area contributed by atoms with E-state index in [1.807, 2.05) is 0 Å². The van der Waals surface area contributed by atoms with Crippen LogP contribution in [0.4, 0.5) is 0 Å². The van der Waals surface area contributed by atoms with Crippen molar-refractivity contribution in [3.63, 3.8) is 0 Å². The Kier molecular flexibility index (Phi) is 6.03. The summed E-state index contributed by atoms with van der Waals surface area (Å²) in [7, 11) is -0.770. The highest BCUT2D eigenvalue weighted by molar-refractivity contribution is 6.74. The second kappa shape index (κ2) is 7.48. The zero-order valence-corrected chi connectivity index (χ0v) is 17.8. The monoisotopic (exact) mass is 398 g/mol. The molecule has 0 spiro atoms. The number of aliphatic hydroxyl groups is 1. The highest BCUT2D eigenvalue weighted by atomic mass is 28.4. The molecule has 0 unspecified atom stereocenters. The molecule has 152 valence electrons. The Balaban J connectivity index is 2.54. The van der Waals surface area contributed by atoms with Crippen LogP contribution in [0.2, 0.25) is 18.1 Å². The maximum atomic E-state index is 12.3. The Bertz CT molecular complexity index is 796. The molecule has 27 heavy (non-hydrogen) atoms. The van der Waals surface area contributed by atoms with Gasteiger partial charge in [-0.3, -0.25) is 14.3 Å². The number of ether oxygens (including phenoxy) is 2. The molecule has 1 aromatic rings. The molecular formula is C18H30N2O6Si. The summed E-state index contributed by atoms with van der Waals surface area (Å²) in [4.78, 5) is 25.9. The second-order valence-corrected chi connectivity index (χ2v) is 13.1. The van der Waals surface area contributed by atoms with Crippen LogP contribution in [0.25, 0.3) is 0 Å². The Morgan fingerprint density at radius 1 is 1.44 bits per heavy atom. The van der Waals surface area contributed by atoms with Gasteiger partial charge in [-0.1, -0.05) is 26.8 Å². The van der Waals surface area contributed by atoms with E-state index in [-0.39, 0.29) is 11.6 Å². The Morgan fingerprint density at radius 2 is 2.07 bits per heavy atom. The fourth-order valence-electron chi connectivity index (χ4n) is 2.89. The van der Waals surface area contributed by atoms with E-state index in [9.17, 15) is 14.7 Å². The summed E-state index contributed by atoms with van der Waals surface area (Å²) < 4.78 is 19.5. The minimum Gasteiger partial charge on any atom is -0.408 e. The lowest BCUT2D eigenvalue weighted by molar-refractivity contribution is -0.0990. The highest BCUT2D eigenvalue weighted by Crippen LogP contribution is 2.45. The average molecular weight is 399 g/mol. The maximum absolute atomic E-state index is 12.3. The van der Waals surface area contributed by atoms with Gasteiger partial charge < -0.3 is 19.0 Å². The average Bonchev–Trinajstić information content (AvgIpc) is 2.87. The highest BCUT2D eigenvalue weighted by Gasteiger charge is 2.58. The number of nitrogens with one attached hydrogen (secondary N) is 1. The number of aromatic amines is 1. The van der Waals surface area contributed by atoms with Crippen LogP contribution >= 0.6 is 0 Å². The molecular weight excluding hydrogens is 368 g/mol. The third kappa shape index (κ3) is 3.88. The molecule has 0 radical (unpaired) electrons. The summed E-state index contributed by atoms with van der Waals surface area (Å²) in [5, 5.41) is 10.0. The SMILES string of the molecule is C=C[C@]1(CO)O[C@@H](n2ccc(=O)[nH]c2=O)[C@H](OC)[C@@H]1O[Si](C)(C)C(C)(C)C. The molecule has 0 bridgehead atoms. The van der Waals surface area contributed by atoms with Gasteiger partial charge in [-0.2, -0.15) is 0 Å². The Morgan fingerprint density at radius 3 is 2.52 bits per heavy atom. The number of aliphatic hydroxyl groups excluding tert-OH is 1. The molecule has 1 saturated heterocycles. The molecule has 2 rings (SSSR count). The van der Waals surface area contributed by atoms with E-state index in [0.29, 0.717) is 0 Å². The van der Waals surface area contributed by atoms with E-state index in [1.54, 1.807) is 0 Å². The van der Waals surface area contributed by atoms with Crippen LogP contribution in [0.15, 0.2) is 34.5 Å². The van der Waals surface area contributed by atoms with Gasteiger partial charge in [0, 0.05) is 19.4 Å². The second-order valence-electron chi connectivity index (χ2n) is 8.34. The number of nitrogens with zero attached hydrogens (tertiary/aromatic N) is 1. The van der Waals surface area contributed by atoms with Gasteiger partial charge >= 0.3 is 5.69 Å². The Hall–Kier alpha value is -1.52. The van der Waals surface area contributed by atoms with Gasteiger partial charge in [0.15, 0.2) is 14.5 Å². The van der Waals surface area contributed by atoms with Crippen molar-refractivity contribution in [2.24, 2.45) is 0 Å². The third-order valence-corrected chi connectivity index (χ3v) is 10.1. The van der Waals surface area contributed by atoms with Crippen molar-refractivity contribution in [2.75, 3.05) is 13.7 Å². The van der Waals surface area contributed by atoms with Gasteiger partial charge in [0.05, 0.1) is 6.61 Å². The number of hydrogen-bond acceptors (Lipinski definition) is 6. The number of rotatable bonds is 6. The van der Waals surface area contributed by atoms with Crippen LogP contribution in [-0.4, -0.2) is 54.5 Å². The Labute approximate surface area is 159 Å². The molecule has 1 fully saturated rings. The molecule has 1 aliphatic rings. The quantitative estimate of drug-likeness (QED) is 0.554. The van der Waals surface area contributed by atoms with Gasteiger partial charge in [-0.25, -0.2) is 4.79 Å². The van der Waals surface area contributed by atoms with Gasteiger partial charge in [-0.05, 0) is 18.1 Å². The van der Waals surface area contributed by atoms with Crippen LogP contribution in [0.1, 0.15) is 27.0 Å². The first kappa shape index (κ1) is 21.8. The third-order valence-electron chi connectivity index (χ3n) is 5.62. The summed E-state index contributed by atoms with van der Waals surface area (Å²) in [6.07, 6.45) is 0.590. The van der Waals surface area contributed by atoms with Crippen molar-refractivity contribution in [3.05, 3.63) is 45.8 Å². The summed E-state index contributed by atoms with van der Waals surface area (Å²) in [5.41, 5.74) is -2.37. The molecule has 0 saturated carbocycles. The normalized spacial score (nSPS) is 29.1. The summed E-state index contributed by atoms with van der Waals surface area (Å²) in [6.45, 7) is 13.9. The van der Waals surface area contributed by atoms with Gasteiger partial charge in [0.1, 0.15) is 17.8 Å². The van der Waals surface area contributed by atoms with Crippen LogP contribution in [-0.2, 0) is 13.9 Å². The first-order chi connectivity index (χ1) is 12.4. The van der Waals surface area contributed by atoms with Crippen molar-refractivity contribution in [3.8, 4) is 0 Å². The first-order valence-electron chi connectivity index (χ1n) is 8.87. The lowest BCUT2D eigenvalue weighted by atomic mass is 9.96. The zero-order valence-electron chi connectivity index (χ0n) is 16.8. The standard InChI is InChI=1S/C18H30N2O6Si/c1-8-18(11-21)14(26-27(6,7)17(2,3)4)13(24-5)15(25-18)20-10-9-12(22)19-16(20)23/h8-10,13-15,21H,1,11H2,2-7H3,(H,19,22,23)/t13-,14+,15-,18-/m1/s1. The van der Waals surface area contributed by atoms with Crippen LogP contribution in [0.5, 0.6) is 0 Å². The largest absolute Gasteiger partial charge is 0.408 e. The van der Waals surface area contributed by atoms with Crippen molar-refractivity contribution in [1.82, 2.24) is 9.55 Å². The van der Waals surface area contributed by atoms with Crippen LogP contribution < -0.4 is 11.2 Å². The van der Waals surface area contributed by atoms with Crippen molar-refractivity contribution in [2.45, 2.75) is 62.9 Å². The molecule has 4 atom stereocenters. The molecule has 2 heterocycles.